The van der Waals surface area contributed by atoms with Gasteiger partial charge in [-0.15, -0.1) is 0 Å². The largest absolute Gasteiger partial charge is 0.349 e. The minimum absolute atomic E-state index is 0.0373. The number of likely N-dealkylation sites (tertiary alicyclic amines) is 1. The molecule has 0 radical (unpaired) electrons. The van der Waals surface area contributed by atoms with Crippen LogP contribution in [-0.4, -0.2) is 41.6 Å². The van der Waals surface area contributed by atoms with Crippen LogP contribution in [0.1, 0.15) is 51.4 Å². The molecule has 0 aromatic heterocycles. The van der Waals surface area contributed by atoms with E-state index in [2.05, 4.69) is 5.32 Å². The molecule has 2 saturated carbocycles. The highest BCUT2D eigenvalue weighted by Crippen LogP contribution is 2.30. The van der Waals surface area contributed by atoms with Crippen molar-refractivity contribution >= 4 is 17.6 Å². The van der Waals surface area contributed by atoms with Crippen molar-refractivity contribution in [3.05, 3.63) is 0 Å². The van der Waals surface area contributed by atoms with Gasteiger partial charge >= 0.3 is 0 Å². The Balaban J connectivity index is 1.56. The molecule has 0 aromatic carbocycles. The normalized spacial score (nSPS) is 26.4. The third-order valence-electron chi connectivity index (χ3n) is 5.03. The van der Waals surface area contributed by atoms with Gasteiger partial charge in [0.05, 0.1) is 0 Å². The summed E-state index contributed by atoms with van der Waals surface area (Å²) in [6.45, 7) is 1.26. The van der Waals surface area contributed by atoms with Crippen LogP contribution in [-0.2, 0) is 14.4 Å². The third kappa shape index (κ3) is 3.44. The summed E-state index contributed by atoms with van der Waals surface area (Å²) in [7, 11) is 0. The van der Waals surface area contributed by atoms with Crippen LogP contribution < -0.4 is 5.32 Å². The number of nitrogens with one attached hydrogen (secondary N) is 1. The minimum atomic E-state index is -0.516. The molecule has 21 heavy (non-hydrogen) atoms. The third-order valence-corrected chi connectivity index (χ3v) is 5.03. The fourth-order valence-electron chi connectivity index (χ4n) is 3.50. The molecule has 1 aliphatic heterocycles. The fraction of sp³-hybridized carbons (Fsp3) is 0.812. The maximum atomic E-state index is 12.3. The predicted octanol–water partition coefficient (Wildman–Crippen LogP) is 1.26. The second-order valence-corrected chi connectivity index (χ2v) is 6.77. The molecule has 0 spiro atoms. The standard InChI is InChI=1S/C16H24N2O3/c19-14-8-7-13(18(14)10-12-3-1-2-4-12)15(20)16(21)17-9-11-5-6-11/h11-13H,1-10H2,(H,17,21). The van der Waals surface area contributed by atoms with Crippen LogP contribution in [0.3, 0.4) is 0 Å². The number of carbonyl (C=O) groups is 3. The van der Waals surface area contributed by atoms with E-state index in [-0.39, 0.29) is 5.91 Å². The van der Waals surface area contributed by atoms with Crippen molar-refractivity contribution in [2.24, 2.45) is 11.8 Å². The molecule has 3 fully saturated rings. The first kappa shape index (κ1) is 14.5. The van der Waals surface area contributed by atoms with Gasteiger partial charge in [-0.25, -0.2) is 0 Å². The second-order valence-electron chi connectivity index (χ2n) is 6.77. The molecule has 1 heterocycles. The van der Waals surface area contributed by atoms with Crippen molar-refractivity contribution in [2.75, 3.05) is 13.1 Å². The lowest BCUT2D eigenvalue weighted by Crippen LogP contribution is -2.47. The van der Waals surface area contributed by atoms with Crippen LogP contribution in [0.15, 0.2) is 0 Å². The number of ketones is 1. The zero-order chi connectivity index (χ0) is 14.8. The Morgan fingerprint density at radius 1 is 1.05 bits per heavy atom. The number of hydrogen-bond donors (Lipinski definition) is 1. The Morgan fingerprint density at radius 2 is 1.76 bits per heavy atom. The van der Waals surface area contributed by atoms with Crippen molar-refractivity contribution in [1.82, 2.24) is 10.2 Å². The number of nitrogens with zero attached hydrogens (tertiary/aromatic N) is 1. The van der Waals surface area contributed by atoms with Gasteiger partial charge in [-0.05, 0) is 43.9 Å². The molecule has 0 bridgehead atoms. The summed E-state index contributed by atoms with van der Waals surface area (Å²) >= 11 is 0. The molecule has 3 rings (SSSR count). The van der Waals surface area contributed by atoms with Crippen LogP contribution in [0.25, 0.3) is 0 Å². The van der Waals surface area contributed by atoms with Crippen molar-refractivity contribution in [3.8, 4) is 0 Å². The first-order chi connectivity index (χ1) is 10.1. The number of carbonyl (C=O) groups excluding carboxylic acids is 3. The molecule has 3 aliphatic rings. The Kier molecular flexibility index (Phi) is 4.27. The second kappa shape index (κ2) is 6.16. The van der Waals surface area contributed by atoms with Crippen molar-refractivity contribution in [3.63, 3.8) is 0 Å². The zero-order valence-electron chi connectivity index (χ0n) is 12.5. The molecule has 1 N–H and O–H groups in total. The summed E-state index contributed by atoms with van der Waals surface area (Å²) in [5, 5.41) is 2.72. The topological polar surface area (TPSA) is 66.5 Å². The van der Waals surface area contributed by atoms with Crippen LogP contribution >= 0.6 is 0 Å². The Morgan fingerprint density at radius 3 is 2.43 bits per heavy atom. The summed E-state index contributed by atoms with van der Waals surface area (Å²) < 4.78 is 0. The smallest absolute Gasteiger partial charge is 0.289 e. The van der Waals surface area contributed by atoms with E-state index < -0.39 is 17.7 Å². The number of hydrogen-bond acceptors (Lipinski definition) is 3. The quantitative estimate of drug-likeness (QED) is 0.750. The van der Waals surface area contributed by atoms with Crippen LogP contribution in [0.2, 0.25) is 0 Å². The molecule has 0 aromatic rings. The van der Waals surface area contributed by atoms with Gasteiger partial charge < -0.3 is 10.2 Å². The first-order valence-corrected chi connectivity index (χ1v) is 8.26. The van der Waals surface area contributed by atoms with E-state index in [1.807, 2.05) is 0 Å². The maximum Gasteiger partial charge on any atom is 0.289 e. The van der Waals surface area contributed by atoms with Gasteiger partial charge in [0, 0.05) is 19.5 Å². The molecule has 2 amide bonds. The lowest BCUT2D eigenvalue weighted by molar-refractivity contribution is -0.143. The number of rotatable bonds is 6. The molecule has 1 saturated heterocycles. The summed E-state index contributed by atoms with van der Waals surface area (Å²) in [5.41, 5.74) is 0. The van der Waals surface area contributed by atoms with Gasteiger partial charge in [0.15, 0.2) is 0 Å². The Labute approximate surface area is 125 Å². The van der Waals surface area contributed by atoms with Gasteiger partial charge in [-0.3, -0.25) is 14.4 Å². The Bertz CT molecular complexity index is 439. The lowest BCUT2D eigenvalue weighted by Gasteiger charge is -2.26. The zero-order valence-corrected chi connectivity index (χ0v) is 12.5. The van der Waals surface area contributed by atoms with Crippen LogP contribution in [0.4, 0.5) is 0 Å². The van der Waals surface area contributed by atoms with E-state index in [1.165, 1.54) is 12.8 Å². The summed E-state index contributed by atoms with van der Waals surface area (Å²) in [5.74, 6) is 0.186. The highest BCUT2D eigenvalue weighted by atomic mass is 16.2. The molecular weight excluding hydrogens is 268 g/mol. The van der Waals surface area contributed by atoms with Crippen molar-refractivity contribution < 1.29 is 14.4 Å². The van der Waals surface area contributed by atoms with E-state index in [4.69, 9.17) is 0 Å². The number of amides is 2. The SMILES string of the molecule is O=C(NCC1CC1)C(=O)C1CCC(=O)N1CC1CCCC1. The Hall–Kier alpha value is -1.39. The molecule has 1 unspecified atom stereocenters. The van der Waals surface area contributed by atoms with Crippen molar-refractivity contribution in [1.29, 1.82) is 0 Å². The molecule has 116 valence electrons. The average molecular weight is 292 g/mol. The molecule has 5 heteroatoms. The van der Waals surface area contributed by atoms with Gasteiger partial charge in [0.2, 0.25) is 11.7 Å². The van der Waals surface area contributed by atoms with E-state index in [0.29, 0.717) is 37.8 Å². The van der Waals surface area contributed by atoms with E-state index in [0.717, 1.165) is 25.7 Å². The predicted molar refractivity (Wildman–Crippen MR) is 77.4 cm³/mol. The van der Waals surface area contributed by atoms with Gasteiger partial charge in [0.25, 0.3) is 5.91 Å². The monoisotopic (exact) mass is 292 g/mol. The van der Waals surface area contributed by atoms with E-state index in [9.17, 15) is 14.4 Å². The highest BCUT2D eigenvalue weighted by molar-refractivity contribution is 6.38. The number of Topliss-reactive ketones (excluding diaryl/α,β-unsaturated/α-hetero) is 1. The molecule has 5 nitrogen and oxygen atoms in total. The van der Waals surface area contributed by atoms with Crippen molar-refractivity contribution in [2.45, 2.75) is 57.4 Å². The van der Waals surface area contributed by atoms with Gasteiger partial charge in [-0.2, -0.15) is 0 Å². The maximum absolute atomic E-state index is 12.3. The average Bonchev–Trinajstić information content (AvgIpc) is 3.04. The molecule has 1 atom stereocenters. The highest BCUT2D eigenvalue weighted by Gasteiger charge is 2.40. The van der Waals surface area contributed by atoms with E-state index in [1.54, 1.807) is 4.90 Å². The summed E-state index contributed by atoms with van der Waals surface area (Å²) in [6.07, 6.45) is 7.89. The molecule has 2 aliphatic carbocycles. The lowest BCUT2D eigenvalue weighted by atomic mass is 10.1. The molecular formula is C16H24N2O3. The first-order valence-electron chi connectivity index (χ1n) is 8.26. The van der Waals surface area contributed by atoms with Crippen LogP contribution in [0, 0.1) is 11.8 Å². The van der Waals surface area contributed by atoms with Gasteiger partial charge in [0.1, 0.15) is 6.04 Å². The van der Waals surface area contributed by atoms with E-state index >= 15 is 0 Å². The van der Waals surface area contributed by atoms with Crippen LogP contribution in [0.5, 0.6) is 0 Å². The fourth-order valence-corrected chi connectivity index (χ4v) is 3.50. The summed E-state index contributed by atoms with van der Waals surface area (Å²) in [4.78, 5) is 37.9. The van der Waals surface area contributed by atoms with Gasteiger partial charge in [-0.1, -0.05) is 12.8 Å². The minimum Gasteiger partial charge on any atom is -0.349 e. The summed E-state index contributed by atoms with van der Waals surface area (Å²) in [6, 6.07) is -0.516.